The summed E-state index contributed by atoms with van der Waals surface area (Å²) in [6.07, 6.45) is 3.15. The molecule has 0 aliphatic heterocycles. The fourth-order valence-electron chi connectivity index (χ4n) is 2.38. The standard InChI is InChI=1S/C20H18FN3O/c21-19-9-5-4-8-16(19)13-24-20(25)17-10-18(14-22-12-17)23-11-15-6-2-1-3-7-15/h1-10,12,14,23H,11,13H2,(H,24,25). The molecule has 0 unspecified atom stereocenters. The van der Waals surface area contributed by atoms with Crippen molar-refractivity contribution in [3.05, 3.63) is 95.6 Å². The van der Waals surface area contributed by atoms with Crippen molar-refractivity contribution in [2.24, 2.45) is 0 Å². The molecule has 126 valence electrons. The number of halogens is 1. The Morgan fingerprint density at radius 3 is 2.52 bits per heavy atom. The highest BCUT2D eigenvalue weighted by molar-refractivity contribution is 5.94. The first-order valence-electron chi connectivity index (χ1n) is 7.97. The third-order valence-corrected chi connectivity index (χ3v) is 3.74. The topological polar surface area (TPSA) is 54.0 Å². The first kappa shape index (κ1) is 16.6. The number of aromatic nitrogens is 1. The Balaban J connectivity index is 1.60. The van der Waals surface area contributed by atoms with Crippen LogP contribution in [0.3, 0.4) is 0 Å². The normalized spacial score (nSPS) is 10.3. The van der Waals surface area contributed by atoms with Crippen LogP contribution in [-0.2, 0) is 13.1 Å². The minimum atomic E-state index is -0.334. The summed E-state index contributed by atoms with van der Waals surface area (Å²) in [6.45, 7) is 0.774. The van der Waals surface area contributed by atoms with Crippen LogP contribution in [0.2, 0.25) is 0 Å². The number of nitrogens with one attached hydrogen (secondary N) is 2. The van der Waals surface area contributed by atoms with Crippen LogP contribution in [0.4, 0.5) is 10.1 Å². The van der Waals surface area contributed by atoms with Crippen LogP contribution < -0.4 is 10.6 Å². The summed E-state index contributed by atoms with van der Waals surface area (Å²) >= 11 is 0. The molecule has 0 atom stereocenters. The van der Waals surface area contributed by atoms with Crippen molar-refractivity contribution < 1.29 is 9.18 Å². The first-order chi connectivity index (χ1) is 12.2. The number of pyridine rings is 1. The average Bonchev–Trinajstić information content (AvgIpc) is 2.66. The third kappa shape index (κ3) is 4.64. The highest BCUT2D eigenvalue weighted by Crippen LogP contribution is 2.11. The van der Waals surface area contributed by atoms with Gasteiger partial charge in [-0.2, -0.15) is 0 Å². The molecule has 0 saturated carbocycles. The molecule has 2 N–H and O–H groups in total. The maximum Gasteiger partial charge on any atom is 0.253 e. The van der Waals surface area contributed by atoms with Gasteiger partial charge in [-0.3, -0.25) is 9.78 Å². The van der Waals surface area contributed by atoms with Crippen LogP contribution in [0.15, 0.2) is 73.1 Å². The minimum Gasteiger partial charge on any atom is -0.380 e. The van der Waals surface area contributed by atoms with Gasteiger partial charge in [0.1, 0.15) is 5.82 Å². The van der Waals surface area contributed by atoms with Crippen LogP contribution in [0.5, 0.6) is 0 Å². The number of rotatable bonds is 6. The van der Waals surface area contributed by atoms with Crippen LogP contribution >= 0.6 is 0 Å². The molecule has 0 saturated heterocycles. The molecule has 2 aromatic carbocycles. The molecule has 25 heavy (non-hydrogen) atoms. The molecule has 1 aromatic heterocycles. The average molecular weight is 335 g/mol. The van der Waals surface area contributed by atoms with Gasteiger partial charge in [-0.15, -0.1) is 0 Å². The molecule has 0 bridgehead atoms. The Labute approximate surface area is 145 Å². The Hall–Kier alpha value is -3.21. The summed E-state index contributed by atoms with van der Waals surface area (Å²) in [5.74, 6) is -0.627. The molecular formula is C20H18FN3O. The van der Waals surface area contributed by atoms with Crippen molar-refractivity contribution in [1.29, 1.82) is 0 Å². The zero-order valence-corrected chi connectivity index (χ0v) is 13.6. The second-order valence-electron chi connectivity index (χ2n) is 5.58. The summed E-state index contributed by atoms with van der Waals surface area (Å²) in [7, 11) is 0. The molecule has 4 nitrogen and oxygen atoms in total. The molecular weight excluding hydrogens is 317 g/mol. The maximum atomic E-state index is 13.6. The second-order valence-corrected chi connectivity index (χ2v) is 5.58. The lowest BCUT2D eigenvalue weighted by Gasteiger charge is -2.09. The Bertz CT molecular complexity index is 852. The number of benzene rings is 2. The van der Waals surface area contributed by atoms with E-state index >= 15 is 0 Å². The minimum absolute atomic E-state index is 0.132. The zero-order valence-electron chi connectivity index (χ0n) is 13.6. The van der Waals surface area contributed by atoms with E-state index in [0.717, 1.165) is 11.3 Å². The van der Waals surface area contributed by atoms with Gasteiger partial charge in [-0.25, -0.2) is 4.39 Å². The van der Waals surface area contributed by atoms with Crippen molar-refractivity contribution in [2.75, 3.05) is 5.32 Å². The number of nitrogens with zero attached hydrogens (tertiary/aromatic N) is 1. The van der Waals surface area contributed by atoms with Gasteiger partial charge in [0.2, 0.25) is 0 Å². The van der Waals surface area contributed by atoms with E-state index in [2.05, 4.69) is 15.6 Å². The molecule has 3 aromatic rings. The lowest BCUT2D eigenvalue weighted by atomic mass is 10.2. The van der Waals surface area contributed by atoms with E-state index in [1.807, 2.05) is 30.3 Å². The summed E-state index contributed by atoms with van der Waals surface area (Å²) in [5, 5.41) is 5.95. The number of carbonyl (C=O) groups is 1. The lowest BCUT2D eigenvalue weighted by Crippen LogP contribution is -2.23. The van der Waals surface area contributed by atoms with Gasteiger partial charge in [0.15, 0.2) is 0 Å². The van der Waals surface area contributed by atoms with Crippen LogP contribution in [0, 0.1) is 5.82 Å². The van der Waals surface area contributed by atoms with Crippen LogP contribution in [-0.4, -0.2) is 10.9 Å². The highest BCUT2D eigenvalue weighted by Gasteiger charge is 2.08. The number of hydrogen-bond acceptors (Lipinski definition) is 3. The maximum absolute atomic E-state index is 13.6. The van der Waals surface area contributed by atoms with Gasteiger partial charge in [0, 0.05) is 31.0 Å². The van der Waals surface area contributed by atoms with E-state index in [1.54, 1.807) is 30.5 Å². The molecule has 0 fully saturated rings. The Morgan fingerprint density at radius 1 is 0.960 bits per heavy atom. The van der Waals surface area contributed by atoms with E-state index in [1.165, 1.54) is 12.3 Å². The molecule has 1 heterocycles. The van der Waals surface area contributed by atoms with Crippen molar-refractivity contribution >= 4 is 11.6 Å². The number of amides is 1. The van der Waals surface area contributed by atoms with Gasteiger partial charge in [0.05, 0.1) is 11.3 Å². The lowest BCUT2D eigenvalue weighted by molar-refractivity contribution is 0.0950. The molecule has 5 heteroatoms. The molecule has 3 rings (SSSR count). The predicted octanol–water partition coefficient (Wildman–Crippen LogP) is 3.76. The Kier molecular flexibility index (Phi) is 5.36. The third-order valence-electron chi connectivity index (χ3n) is 3.74. The smallest absolute Gasteiger partial charge is 0.253 e. The van der Waals surface area contributed by atoms with Gasteiger partial charge in [-0.1, -0.05) is 48.5 Å². The van der Waals surface area contributed by atoms with Crippen molar-refractivity contribution in [3.63, 3.8) is 0 Å². The van der Waals surface area contributed by atoms with Crippen molar-refractivity contribution in [2.45, 2.75) is 13.1 Å². The van der Waals surface area contributed by atoms with Crippen LogP contribution in [0.25, 0.3) is 0 Å². The first-order valence-corrected chi connectivity index (χ1v) is 7.97. The largest absolute Gasteiger partial charge is 0.380 e. The van der Waals surface area contributed by atoms with E-state index in [4.69, 9.17) is 0 Å². The van der Waals surface area contributed by atoms with E-state index in [-0.39, 0.29) is 18.3 Å². The van der Waals surface area contributed by atoms with E-state index in [9.17, 15) is 9.18 Å². The summed E-state index contributed by atoms with van der Waals surface area (Å²) in [4.78, 5) is 16.3. The van der Waals surface area contributed by atoms with E-state index < -0.39 is 0 Å². The van der Waals surface area contributed by atoms with Gasteiger partial charge in [0.25, 0.3) is 5.91 Å². The van der Waals surface area contributed by atoms with Gasteiger partial charge >= 0.3 is 0 Å². The molecule has 0 radical (unpaired) electrons. The number of carbonyl (C=O) groups excluding carboxylic acids is 1. The summed E-state index contributed by atoms with van der Waals surface area (Å²) in [5.41, 5.74) is 2.76. The van der Waals surface area contributed by atoms with Gasteiger partial charge in [-0.05, 0) is 17.7 Å². The summed E-state index contributed by atoms with van der Waals surface area (Å²) in [6, 6.07) is 18.0. The zero-order chi connectivity index (χ0) is 17.5. The molecule has 1 amide bonds. The summed E-state index contributed by atoms with van der Waals surface area (Å²) < 4.78 is 13.6. The Morgan fingerprint density at radius 2 is 1.72 bits per heavy atom. The monoisotopic (exact) mass is 335 g/mol. The van der Waals surface area contributed by atoms with Crippen molar-refractivity contribution in [3.8, 4) is 0 Å². The number of hydrogen-bond donors (Lipinski definition) is 2. The number of anilines is 1. The molecule has 0 aliphatic rings. The van der Waals surface area contributed by atoms with E-state index in [0.29, 0.717) is 17.7 Å². The van der Waals surface area contributed by atoms with Gasteiger partial charge < -0.3 is 10.6 Å². The second kappa shape index (κ2) is 8.06. The molecule has 0 aliphatic carbocycles. The predicted molar refractivity (Wildman–Crippen MR) is 95.6 cm³/mol. The van der Waals surface area contributed by atoms with Crippen molar-refractivity contribution in [1.82, 2.24) is 10.3 Å². The SMILES string of the molecule is O=C(NCc1ccccc1F)c1cncc(NCc2ccccc2)c1. The molecule has 0 spiro atoms. The quantitative estimate of drug-likeness (QED) is 0.721. The highest BCUT2D eigenvalue weighted by atomic mass is 19.1. The van der Waals surface area contributed by atoms with Crippen LogP contribution in [0.1, 0.15) is 21.5 Å². The fourth-order valence-corrected chi connectivity index (χ4v) is 2.38. The fraction of sp³-hybridized carbons (Fsp3) is 0.100.